The summed E-state index contributed by atoms with van der Waals surface area (Å²) in [6.07, 6.45) is 2.45. The maximum atomic E-state index is 13.1. The van der Waals surface area contributed by atoms with Crippen LogP contribution in [0.4, 0.5) is 4.39 Å². The molecule has 0 unspecified atom stereocenters. The van der Waals surface area contributed by atoms with Gasteiger partial charge in [0.2, 0.25) is 0 Å². The normalized spacial score (nSPS) is 12.5. The number of hydrogen-bond acceptors (Lipinski definition) is 3. The van der Waals surface area contributed by atoms with E-state index in [0.29, 0.717) is 17.1 Å². The van der Waals surface area contributed by atoms with Crippen molar-refractivity contribution in [2.75, 3.05) is 0 Å². The first-order chi connectivity index (χ1) is 8.06. The molecule has 1 heterocycles. The van der Waals surface area contributed by atoms with Crippen molar-refractivity contribution in [2.45, 2.75) is 13.0 Å². The van der Waals surface area contributed by atoms with Gasteiger partial charge in [0.05, 0.1) is 18.5 Å². The topological polar surface area (TPSA) is 47.3 Å². The number of halogens is 1. The van der Waals surface area contributed by atoms with Crippen LogP contribution >= 0.6 is 0 Å². The summed E-state index contributed by atoms with van der Waals surface area (Å²) in [5.41, 5.74) is 0.411. The molecule has 2 rings (SSSR count). The fraction of sp³-hybridized carbons (Fsp3) is 0.250. The Hall–Kier alpha value is -1.88. The minimum atomic E-state index is -0.794. The van der Waals surface area contributed by atoms with Crippen molar-refractivity contribution < 1.29 is 14.2 Å². The average Bonchev–Trinajstić information content (AvgIpc) is 2.66. The number of aliphatic hydroxyl groups excluding tert-OH is 1. The van der Waals surface area contributed by atoms with Gasteiger partial charge in [-0.1, -0.05) is 0 Å². The second-order valence-electron chi connectivity index (χ2n) is 3.81. The van der Waals surface area contributed by atoms with Crippen molar-refractivity contribution in [1.82, 2.24) is 9.78 Å². The molecule has 90 valence electrons. The third-order valence-electron chi connectivity index (χ3n) is 2.33. The number of aromatic nitrogens is 2. The quantitative estimate of drug-likeness (QED) is 0.890. The van der Waals surface area contributed by atoms with Gasteiger partial charge in [-0.05, 0) is 25.1 Å². The minimum Gasteiger partial charge on any atom is -0.454 e. The maximum Gasteiger partial charge on any atom is 0.165 e. The minimum absolute atomic E-state index is 0.403. The molecule has 4 nitrogen and oxygen atoms in total. The molecule has 2 aromatic rings. The van der Waals surface area contributed by atoms with Gasteiger partial charge in [-0.2, -0.15) is 5.10 Å². The molecule has 0 fully saturated rings. The molecular formula is C12H13FN2O2. The lowest BCUT2D eigenvalue weighted by Gasteiger charge is -2.11. The molecule has 1 atom stereocenters. The van der Waals surface area contributed by atoms with E-state index in [9.17, 15) is 9.50 Å². The summed E-state index contributed by atoms with van der Waals surface area (Å²) in [6.45, 7) is 1.56. The largest absolute Gasteiger partial charge is 0.454 e. The standard InChI is InChI=1S/C12H13FN2O2/c1-8(16)11-5-9(13)3-4-12(11)17-10-6-14-15(2)7-10/h3-8,16H,1-2H3/t8-/m0/s1. The Bertz CT molecular complexity index is 523. The molecule has 1 N–H and O–H groups in total. The summed E-state index contributed by atoms with van der Waals surface area (Å²) in [4.78, 5) is 0. The van der Waals surface area contributed by atoms with E-state index in [0.717, 1.165) is 0 Å². The molecule has 0 aliphatic carbocycles. The molecule has 17 heavy (non-hydrogen) atoms. The van der Waals surface area contributed by atoms with Gasteiger partial charge in [-0.15, -0.1) is 0 Å². The zero-order valence-electron chi connectivity index (χ0n) is 9.59. The monoisotopic (exact) mass is 236 g/mol. The van der Waals surface area contributed by atoms with Crippen LogP contribution in [-0.4, -0.2) is 14.9 Å². The Kier molecular flexibility index (Phi) is 3.10. The SMILES string of the molecule is C[C@H](O)c1cc(F)ccc1Oc1cnn(C)c1. The molecule has 0 saturated carbocycles. The van der Waals surface area contributed by atoms with E-state index in [2.05, 4.69) is 5.10 Å². The summed E-state index contributed by atoms with van der Waals surface area (Å²) in [5.74, 6) is 0.565. The summed E-state index contributed by atoms with van der Waals surface area (Å²) >= 11 is 0. The number of benzene rings is 1. The molecule has 0 radical (unpaired) electrons. The second-order valence-corrected chi connectivity index (χ2v) is 3.81. The number of aryl methyl sites for hydroxylation is 1. The van der Waals surface area contributed by atoms with Gasteiger partial charge in [0, 0.05) is 12.6 Å². The van der Waals surface area contributed by atoms with Crippen molar-refractivity contribution in [2.24, 2.45) is 7.05 Å². The molecule has 1 aromatic carbocycles. The number of rotatable bonds is 3. The first kappa shape index (κ1) is 11.6. The van der Waals surface area contributed by atoms with Crippen molar-refractivity contribution >= 4 is 0 Å². The number of nitrogens with zero attached hydrogens (tertiary/aromatic N) is 2. The summed E-state index contributed by atoms with van der Waals surface area (Å²) in [7, 11) is 1.77. The van der Waals surface area contributed by atoms with Gasteiger partial charge in [0.15, 0.2) is 5.75 Å². The van der Waals surface area contributed by atoms with Crippen LogP contribution < -0.4 is 4.74 Å². The third-order valence-corrected chi connectivity index (χ3v) is 2.33. The van der Waals surface area contributed by atoms with Crippen molar-refractivity contribution in [3.63, 3.8) is 0 Å². The average molecular weight is 236 g/mol. The van der Waals surface area contributed by atoms with E-state index in [1.165, 1.54) is 18.2 Å². The Morgan fingerprint density at radius 1 is 1.47 bits per heavy atom. The van der Waals surface area contributed by atoms with Crippen molar-refractivity contribution in [3.05, 3.63) is 42.0 Å². The molecule has 0 spiro atoms. The van der Waals surface area contributed by atoms with Crippen LogP contribution in [0, 0.1) is 5.82 Å². The van der Waals surface area contributed by atoms with Gasteiger partial charge in [0.1, 0.15) is 11.6 Å². The summed E-state index contributed by atoms with van der Waals surface area (Å²) in [5, 5.41) is 13.5. The molecule has 0 aliphatic rings. The smallest absolute Gasteiger partial charge is 0.165 e. The molecule has 0 amide bonds. The van der Waals surface area contributed by atoms with Crippen LogP contribution in [0.2, 0.25) is 0 Å². The van der Waals surface area contributed by atoms with E-state index in [4.69, 9.17) is 4.74 Å². The first-order valence-corrected chi connectivity index (χ1v) is 5.20. The van der Waals surface area contributed by atoms with Crippen molar-refractivity contribution in [1.29, 1.82) is 0 Å². The van der Waals surface area contributed by atoms with Crippen LogP contribution in [0.3, 0.4) is 0 Å². The number of ether oxygens (including phenoxy) is 1. The number of aliphatic hydroxyl groups is 1. The zero-order valence-corrected chi connectivity index (χ0v) is 9.59. The third kappa shape index (κ3) is 2.62. The lowest BCUT2D eigenvalue weighted by Crippen LogP contribution is -1.96. The van der Waals surface area contributed by atoms with Crippen molar-refractivity contribution in [3.8, 4) is 11.5 Å². The highest BCUT2D eigenvalue weighted by molar-refractivity contribution is 5.38. The summed E-state index contributed by atoms with van der Waals surface area (Å²) in [6, 6.07) is 4.04. The second kappa shape index (κ2) is 4.55. The predicted molar refractivity (Wildman–Crippen MR) is 60.3 cm³/mol. The molecule has 0 aliphatic heterocycles. The number of hydrogen-bond donors (Lipinski definition) is 1. The zero-order chi connectivity index (χ0) is 12.4. The van der Waals surface area contributed by atoms with Gasteiger partial charge in [-0.3, -0.25) is 4.68 Å². The molecule has 1 aromatic heterocycles. The highest BCUT2D eigenvalue weighted by Crippen LogP contribution is 2.29. The summed E-state index contributed by atoms with van der Waals surface area (Å²) < 4.78 is 20.2. The lowest BCUT2D eigenvalue weighted by molar-refractivity contribution is 0.195. The van der Waals surface area contributed by atoms with Crippen LogP contribution in [0.15, 0.2) is 30.6 Å². The van der Waals surface area contributed by atoms with Gasteiger partial charge in [0.25, 0.3) is 0 Å². The Labute approximate surface area is 98.3 Å². The van der Waals surface area contributed by atoms with E-state index >= 15 is 0 Å². The fourth-order valence-electron chi connectivity index (χ4n) is 1.52. The highest BCUT2D eigenvalue weighted by Gasteiger charge is 2.11. The van der Waals surface area contributed by atoms with Crippen LogP contribution in [0.1, 0.15) is 18.6 Å². The Morgan fingerprint density at radius 2 is 2.24 bits per heavy atom. The predicted octanol–water partition coefficient (Wildman–Crippen LogP) is 2.40. The van der Waals surface area contributed by atoms with E-state index in [-0.39, 0.29) is 0 Å². The molecule has 0 saturated heterocycles. The van der Waals surface area contributed by atoms with Gasteiger partial charge < -0.3 is 9.84 Å². The fourth-order valence-corrected chi connectivity index (χ4v) is 1.52. The Balaban J connectivity index is 2.32. The first-order valence-electron chi connectivity index (χ1n) is 5.20. The highest BCUT2D eigenvalue weighted by atomic mass is 19.1. The van der Waals surface area contributed by atoms with Gasteiger partial charge in [-0.25, -0.2) is 4.39 Å². The molecule has 0 bridgehead atoms. The molecule has 5 heteroatoms. The van der Waals surface area contributed by atoms with Crippen LogP contribution in [0.5, 0.6) is 11.5 Å². The molecular weight excluding hydrogens is 223 g/mol. The van der Waals surface area contributed by atoms with E-state index in [1.54, 1.807) is 31.0 Å². The lowest BCUT2D eigenvalue weighted by atomic mass is 10.1. The van der Waals surface area contributed by atoms with E-state index < -0.39 is 11.9 Å². The maximum absolute atomic E-state index is 13.1. The van der Waals surface area contributed by atoms with Crippen LogP contribution in [0.25, 0.3) is 0 Å². The van der Waals surface area contributed by atoms with E-state index in [1.807, 2.05) is 0 Å². The Morgan fingerprint density at radius 3 is 2.82 bits per heavy atom. The van der Waals surface area contributed by atoms with Gasteiger partial charge >= 0.3 is 0 Å². The van der Waals surface area contributed by atoms with Crippen LogP contribution in [-0.2, 0) is 7.05 Å².